The van der Waals surface area contributed by atoms with Crippen LogP contribution in [0.25, 0.3) is 0 Å². The minimum absolute atomic E-state index is 0.101. The van der Waals surface area contributed by atoms with E-state index in [4.69, 9.17) is 5.73 Å². The molecule has 2 N–H and O–H groups in total. The molecule has 0 aliphatic heterocycles. The van der Waals surface area contributed by atoms with E-state index in [9.17, 15) is 0 Å². The Morgan fingerprint density at radius 1 is 1.67 bits per heavy atom. The van der Waals surface area contributed by atoms with Crippen molar-refractivity contribution < 1.29 is 0 Å². The van der Waals surface area contributed by atoms with Crippen LogP contribution in [-0.2, 0) is 0 Å². The van der Waals surface area contributed by atoms with Crippen LogP contribution in [0.3, 0.4) is 0 Å². The SMILES string of the molecule is CCSc1cc([C@H](C)N)ccn1. The van der Waals surface area contributed by atoms with Gasteiger partial charge in [0.1, 0.15) is 0 Å². The molecule has 2 nitrogen and oxygen atoms in total. The monoisotopic (exact) mass is 182 g/mol. The first-order valence-corrected chi connectivity index (χ1v) is 5.07. The highest BCUT2D eigenvalue weighted by molar-refractivity contribution is 7.99. The molecule has 0 saturated heterocycles. The molecule has 1 rings (SSSR count). The highest BCUT2D eigenvalue weighted by atomic mass is 32.2. The molecule has 0 unspecified atom stereocenters. The van der Waals surface area contributed by atoms with Crippen LogP contribution in [0.15, 0.2) is 23.4 Å². The average Bonchev–Trinajstić information content (AvgIpc) is 2.05. The summed E-state index contributed by atoms with van der Waals surface area (Å²) < 4.78 is 0. The molecular weight excluding hydrogens is 168 g/mol. The van der Waals surface area contributed by atoms with Gasteiger partial charge in [-0.3, -0.25) is 0 Å². The summed E-state index contributed by atoms with van der Waals surface area (Å²) in [6, 6.07) is 4.12. The summed E-state index contributed by atoms with van der Waals surface area (Å²) in [4.78, 5) is 4.22. The molecule has 0 radical (unpaired) electrons. The summed E-state index contributed by atoms with van der Waals surface area (Å²) >= 11 is 1.74. The van der Waals surface area contributed by atoms with Gasteiger partial charge in [-0.2, -0.15) is 0 Å². The molecule has 1 atom stereocenters. The van der Waals surface area contributed by atoms with Crippen molar-refractivity contribution in [1.29, 1.82) is 0 Å². The molecule has 1 aromatic heterocycles. The van der Waals surface area contributed by atoms with Gasteiger partial charge in [-0.1, -0.05) is 6.92 Å². The van der Waals surface area contributed by atoms with Crippen LogP contribution in [0.5, 0.6) is 0 Å². The second kappa shape index (κ2) is 4.48. The topological polar surface area (TPSA) is 38.9 Å². The van der Waals surface area contributed by atoms with Crippen LogP contribution in [0.1, 0.15) is 25.5 Å². The molecular formula is C9H14N2S. The maximum absolute atomic E-state index is 5.74. The molecule has 12 heavy (non-hydrogen) atoms. The fraction of sp³-hybridized carbons (Fsp3) is 0.444. The molecule has 1 aromatic rings. The van der Waals surface area contributed by atoms with Crippen molar-refractivity contribution in [1.82, 2.24) is 4.98 Å². The normalized spacial score (nSPS) is 12.9. The third-order valence-electron chi connectivity index (χ3n) is 1.58. The number of pyridine rings is 1. The number of thioether (sulfide) groups is 1. The van der Waals surface area contributed by atoms with Crippen LogP contribution < -0.4 is 5.73 Å². The maximum Gasteiger partial charge on any atom is 0.0963 e. The second-order valence-electron chi connectivity index (χ2n) is 2.65. The van der Waals surface area contributed by atoms with Gasteiger partial charge < -0.3 is 5.73 Å². The highest BCUT2D eigenvalue weighted by Crippen LogP contribution is 2.18. The van der Waals surface area contributed by atoms with Crippen molar-refractivity contribution in [2.45, 2.75) is 24.9 Å². The van der Waals surface area contributed by atoms with Gasteiger partial charge in [-0.05, 0) is 30.4 Å². The largest absolute Gasteiger partial charge is 0.324 e. The fourth-order valence-corrected chi connectivity index (χ4v) is 1.59. The smallest absolute Gasteiger partial charge is 0.0963 e. The zero-order chi connectivity index (χ0) is 8.97. The van der Waals surface area contributed by atoms with Crippen LogP contribution in [-0.4, -0.2) is 10.7 Å². The first kappa shape index (κ1) is 9.55. The number of aromatic nitrogens is 1. The third kappa shape index (κ3) is 2.50. The molecule has 0 spiro atoms. The molecule has 0 bridgehead atoms. The lowest BCUT2D eigenvalue weighted by Crippen LogP contribution is -2.04. The predicted octanol–water partition coefficient (Wildman–Crippen LogP) is 2.21. The number of hydrogen-bond acceptors (Lipinski definition) is 3. The van der Waals surface area contributed by atoms with Gasteiger partial charge in [0.2, 0.25) is 0 Å². The molecule has 0 aromatic carbocycles. The molecule has 0 aliphatic carbocycles. The van der Waals surface area contributed by atoms with Gasteiger partial charge in [0.05, 0.1) is 5.03 Å². The lowest BCUT2D eigenvalue weighted by Gasteiger charge is -2.05. The summed E-state index contributed by atoms with van der Waals surface area (Å²) in [5.74, 6) is 1.05. The second-order valence-corrected chi connectivity index (χ2v) is 3.93. The Labute approximate surface area is 77.6 Å². The minimum atomic E-state index is 0.101. The Hall–Kier alpha value is -0.540. The highest BCUT2D eigenvalue weighted by Gasteiger charge is 2.00. The van der Waals surface area contributed by atoms with E-state index < -0.39 is 0 Å². The van der Waals surface area contributed by atoms with E-state index in [1.54, 1.807) is 11.8 Å². The number of hydrogen-bond donors (Lipinski definition) is 1. The third-order valence-corrected chi connectivity index (χ3v) is 2.38. The van der Waals surface area contributed by atoms with Crippen LogP contribution in [0.4, 0.5) is 0 Å². The van der Waals surface area contributed by atoms with Crippen molar-refractivity contribution in [3.05, 3.63) is 23.9 Å². The Morgan fingerprint density at radius 3 is 3.00 bits per heavy atom. The van der Waals surface area contributed by atoms with E-state index in [0.29, 0.717) is 0 Å². The molecule has 0 aliphatic rings. The van der Waals surface area contributed by atoms with Crippen molar-refractivity contribution in [3.63, 3.8) is 0 Å². The Morgan fingerprint density at radius 2 is 2.42 bits per heavy atom. The first-order valence-electron chi connectivity index (χ1n) is 4.08. The van der Waals surface area contributed by atoms with E-state index in [1.807, 2.05) is 19.2 Å². The summed E-state index contributed by atoms with van der Waals surface area (Å²) in [6.45, 7) is 4.10. The molecule has 3 heteroatoms. The average molecular weight is 182 g/mol. The van der Waals surface area contributed by atoms with E-state index in [2.05, 4.69) is 18.0 Å². The van der Waals surface area contributed by atoms with Gasteiger partial charge in [-0.25, -0.2) is 4.98 Å². The van der Waals surface area contributed by atoms with Gasteiger partial charge in [0.15, 0.2) is 0 Å². The zero-order valence-electron chi connectivity index (χ0n) is 7.45. The molecule has 0 fully saturated rings. The van der Waals surface area contributed by atoms with Gasteiger partial charge in [0, 0.05) is 12.2 Å². The zero-order valence-corrected chi connectivity index (χ0v) is 8.27. The fourth-order valence-electron chi connectivity index (χ4n) is 0.935. The number of nitrogens with two attached hydrogens (primary N) is 1. The molecule has 0 amide bonds. The van der Waals surface area contributed by atoms with Crippen molar-refractivity contribution in [2.24, 2.45) is 5.73 Å². The summed E-state index contributed by atoms with van der Waals surface area (Å²) in [6.07, 6.45) is 1.82. The van der Waals surface area contributed by atoms with Gasteiger partial charge in [0.25, 0.3) is 0 Å². The Balaban J connectivity index is 2.81. The van der Waals surface area contributed by atoms with Crippen LogP contribution in [0, 0.1) is 0 Å². The van der Waals surface area contributed by atoms with Crippen LogP contribution >= 0.6 is 11.8 Å². The van der Waals surface area contributed by atoms with Crippen molar-refractivity contribution in [2.75, 3.05) is 5.75 Å². The predicted molar refractivity (Wildman–Crippen MR) is 53.2 cm³/mol. The van der Waals surface area contributed by atoms with Crippen molar-refractivity contribution in [3.8, 4) is 0 Å². The Bertz CT molecular complexity index is 248. The molecule has 0 saturated carbocycles. The Kier molecular flexibility index (Phi) is 3.56. The first-order chi connectivity index (χ1) is 5.74. The van der Waals surface area contributed by atoms with E-state index in [-0.39, 0.29) is 6.04 Å². The quantitative estimate of drug-likeness (QED) is 0.728. The molecule has 1 heterocycles. The van der Waals surface area contributed by atoms with Crippen molar-refractivity contribution >= 4 is 11.8 Å². The standard InChI is InChI=1S/C9H14N2S/c1-3-12-9-6-8(7(2)10)4-5-11-9/h4-7H,3,10H2,1-2H3/t7-/m0/s1. The van der Waals surface area contributed by atoms with E-state index in [0.717, 1.165) is 16.3 Å². The summed E-state index contributed by atoms with van der Waals surface area (Å²) in [5, 5.41) is 1.06. The molecule has 66 valence electrons. The van der Waals surface area contributed by atoms with Crippen LogP contribution in [0.2, 0.25) is 0 Å². The van der Waals surface area contributed by atoms with E-state index in [1.165, 1.54) is 0 Å². The summed E-state index contributed by atoms with van der Waals surface area (Å²) in [5.41, 5.74) is 6.90. The van der Waals surface area contributed by atoms with Gasteiger partial charge >= 0.3 is 0 Å². The minimum Gasteiger partial charge on any atom is -0.324 e. The lowest BCUT2D eigenvalue weighted by atomic mass is 10.1. The maximum atomic E-state index is 5.74. The van der Waals surface area contributed by atoms with E-state index >= 15 is 0 Å². The lowest BCUT2D eigenvalue weighted by molar-refractivity contribution is 0.808. The van der Waals surface area contributed by atoms with Gasteiger partial charge in [-0.15, -0.1) is 11.8 Å². The number of rotatable bonds is 3. The number of nitrogens with zero attached hydrogens (tertiary/aromatic N) is 1. The summed E-state index contributed by atoms with van der Waals surface area (Å²) in [7, 11) is 0.